The van der Waals surface area contributed by atoms with Crippen LogP contribution in [0.1, 0.15) is 25.8 Å². The van der Waals surface area contributed by atoms with Crippen molar-refractivity contribution in [2.24, 2.45) is 11.0 Å². The van der Waals surface area contributed by atoms with Gasteiger partial charge in [0, 0.05) is 18.2 Å². The number of hydrogen-bond donors (Lipinski definition) is 1. The Morgan fingerprint density at radius 1 is 1.26 bits per heavy atom. The molecule has 0 bridgehead atoms. The SMILES string of the molecule is CCC(F)(F)c1ccnc(NC(=O)C2C(=O)N(c3ccc(OC(F)F)cc3)N=C2C)c1. The highest BCUT2D eigenvalue weighted by molar-refractivity contribution is 6.28. The lowest BCUT2D eigenvalue weighted by atomic mass is 10.0. The quantitative estimate of drug-likeness (QED) is 0.520. The van der Waals surface area contributed by atoms with Crippen LogP contribution in [0.4, 0.5) is 29.1 Å². The molecule has 1 aromatic heterocycles. The minimum Gasteiger partial charge on any atom is -0.435 e. The second-order valence-corrected chi connectivity index (χ2v) is 6.67. The molecule has 1 unspecified atom stereocenters. The van der Waals surface area contributed by atoms with Crippen molar-refractivity contribution in [2.75, 3.05) is 10.3 Å². The van der Waals surface area contributed by atoms with E-state index in [9.17, 15) is 27.2 Å². The van der Waals surface area contributed by atoms with Crippen LogP contribution < -0.4 is 15.1 Å². The van der Waals surface area contributed by atoms with Gasteiger partial charge in [0.2, 0.25) is 5.91 Å². The zero-order valence-corrected chi connectivity index (χ0v) is 16.5. The van der Waals surface area contributed by atoms with Crippen molar-refractivity contribution >= 4 is 29.0 Å². The first-order valence-electron chi connectivity index (χ1n) is 9.21. The maximum atomic E-state index is 13.9. The summed E-state index contributed by atoms with van der Waals surface area (Å²) in [6.45, 7) is -0.195. The fraction of sp³-hybridized carbons (Fsp3) is 0.300. The predicted octanol–water partition coefficient (Wildman–Crippen LogP) is 4.16. The zero-order valence-electron chi connectivity index (χ0n) is 16.5. The maximum absolute atomic E-state index is 13.9. The number of ether oxygens (including phenoxy) is 1. The molecule has 1 aliphatic heterocycles. The van der Waals surface area contributed by atoms with Crippen LogP contribution in [0.25, 0.3) is 0 Å². The van der Waals surface area contributed by atoms with Crippen molar-refractivity contribution < 1.29 is 31.9 Å². The molecule has 31 heavy (non-hydrogen) atoms. The van der Waals surface area contributed by atoms with Crippen LogP contribution in [-0.4, -0.2) is 29.1 Å². The van der Waals surface area contributed by atoms with E-state index in [2.05, 4.69) is 20.1 Å². The van der Waals surface area contributed by atoms with Gasteiger partial charge in [-0.05, 0) is 43.3 Å². The molecule has 7 nitrogen and oxygen atoms in total. The van der Waals surface area contributed by atoms with Crippen LogP contribution in [0.3, 0.4) is 0 Å². The Balaban J connectivity index is 1.74. The second kappa shape index (κ2) is 8.70. The van der Waals surface area contributed by atoms with Crippen molar-refractivity contribution in [3.8, 4) is 5.75 Å². The standard InChI is InChI=1S/C20H18F4N4O3/c1-3-20(23,24)12-8-9-25-15(10-12)26-17(29)16-11(2)27-28(18(16)30)13-4-6-14(7-5-13)31-19(21)22/h4-10,16,19H,3H2,1-2H3,(H,25,26,29). The predicted molar refractivity (Wildman–Crippen MR) is 104 cm³/mol. The molecule has 0 fully saturated rings. The highest BCUT2D eigenvalue weighted by Crippen LogP contribution is 2.32. The van der Waals surface area contributed by atoms with Crippen molar-refractivity contribution in [1.29, 1.82) is 0 Å². The van der Waals surface area contributed by atoms with Gasteiger partial charge in [0.1, 0.15) is 11.6 Å². The number of carbonyl (C=O) groups is 2. The van der Waals surface area contributed by atoms with Crippen molar-refractivity contribution in [3.63, 3.8) is 0 Å². The normalized spacial score (nSPS) is 16.5. The minimum atomic E-state index is -3.08. The van der Waals surface area contributed by atoms with Crippen LogP contribution in [0.2, 0.25) is 0 Å². The van der Waals surface area contributed by atoms with Gasteiger partial charge in [-0.2, -0.15) is 18.9 Å². The summed E-state index contributed by atoms with van der Waals surface area (Å²) >= 11 is 0. The number of carbonyl (C=O) groups excluding carboxylic acids is 2. The van der Waals surface area contributed by atoms with Gasteiger partial charge < -0.3 is 10.1 Å². The van der Waals surface area contributed by atoms with Gasteiger partial charge in [0.05, 0.1) is 11.4 Å². The Labute approximate surface area is 174 Å². The van der Waals surface area contributed by atoms with E-state index in [1.807, 2.05) is 0 Å². The highest BCUT2D eigenvalue weighted by Gasteiger charge is 2.40. The summed E-state index contributed by atoms with van der Waals surface area (Å²) in [6, 6.07) is 7.34. The number of pyridine rings is 1. The Bertz CT molecular complexity index is 1010. The third kappa shape index (κ3) is 4.81. The molecule has 0 spiro atoms. The first-order valence-corrected chi connectivity index (χ1v) is 9.21. The number of alkyl halides is 4. The summed E-state index contributed by atoms with van der Waals surface area (Å²) in [5.74, 6) is -6.07. The zero-order chi connectivity index (χ0) is 22.8. The van der Waals surface area contributed by atoms with Gasteiger partial charge in [-0.3, -0.25) is 9.59 Å². The van der Waals surface area contributed by atoms with E-state index in [0.717, 1.165) is 23.3 Å². The van der Waals surface area contributed by atoms with Gasteiger partial charge >= 0.3 is 6.61 Å². The number of amides is 2. The number of hydrazone groups is 1. The van der Waals surface area contributed by atoms with E-state index >= 15 is 0 Å². The van der Waals surface area contributed by atoms with Gasteiger partial charge in [0.15, 0.2) is 5.92 Å². The third-order valence-corrected chi connectivity index (χ3v) is 4.58. The summed E-state index contributed by atoms with van der Waals surface area (Å²) in [4.78, 5) is 29.2. The summed E-state index contributed by atoms with van der Waals surface area (Å²) in [7, 11) is 0. The van der Waals surface area contributed by atoms with E-state index in [-0.39, 0.29) is 28.5 Å². The third-order valence-electron chi connectivity index (χ3n) is 4.58. The molecule has 0 saturated carbocycles. The summed E-state index contributed by atoms with van der Waals surface area (Å²) in [5.41, 5.74) is 0.102. The highest BCUT2D eigenvalue weighted by atomic mass is 19.3. The van der Waals surface area contributed by atoms with Gasteiger partial charge in [-0.15, -0.1) is 0 Å². The topological polar surface area (TPSA) is 83.9 Å². The number of halogens is 4. The Kier molecular flexibility index (Phi) is 6.23. The van der Waals surface area contributed by atoms with Gasteiger partial charge in [-0.1, -0.05) is 6.92 Å². The minimum absolute atomic E-state index is 0.102. The number of rotatable bonds is 7. The molecule has 2 amide bonds. The second-order valence-electron chi connectivity index (χ2n) is 6.67. The lowest BCUT2D eigenvalue weighted by molar-refractivity contribution is -0.127. The van der Waals surface area contributed by atoms with E-state index in [1.54, 1.807) is 0 Å². The monoisotopic (exact) mass is 438 g/mol. The largest absolute Gasteiger partial charge is 0.435 e. The van der Waals surface area contributed by atoms with Crippen molar-refractivity contribution in [3.05, 3.63) is 48.2 Å². The fourth-order valence-electron chi connectivity index (χ4n) is 2.95. The molecule has 1 N–H and O–H groups in total. The molecule has 3 rings (SSSR count). The first kappa shape index (κ1) is 22.2. The molecule has 2 aromatic rings. The fourth-order valence-corrected chi connectivity index (χ4v) is 2.95. The van der Waals surface area contributed by atoms with Gasteiger partial charge in [-0.25, -0.2) is 13.8 Å². The Hall–Kier alpha value is -3.50. The molecule has 2 heterocycles. The summed E-state index contributed by atoms with van der Waals surface area (Å²) in [6.07, 6.45) is 0.717. The molecule has 1 aliphatic rings. The summed E-state index contributed by atoms with van der Waals surface area (Å²) in [5, 5.41) is 7.38. The molecule has 164 valence electrons. The number of hydrogen-bond acceptors (Lipinski definition) is 5. The van der Waals surface area contributed by atoms with E-state index in [0.29, 0.717) is 0 Å². The van der Waals surface area contributed by atoms with Crippen LogP contribution in [0.5, 0.6) is 5.75 Å². The lowest BCUT2D eigenvalue weighted by Crippen LogP contribution is -2.36. The van der Waals surface area contributed by atoms with Crippen LogP contribution in [0, 0.1) is 5.92 Å². The number of anilines is 2. The lowest BCUT2D eigenvalue weighted by Gasteiger charge is -2.16. The molecule has 1 atom stereocenters. The molecular weight excluding hydrogens is 420 g/mol. The smallest absolute Gasteiger partial charge is 0.387 e. The molecule has 1 aromatic carbocycles. The average molecular weight is 438 g/mol. The van der Waals surface area contributed by atoms with Crippen molar-refractivity contribution in [2.45, 2.75) is 32.8 Å². The molecule has 0 aliphatic carbocycles. The Morgan fingerprint density at radius 2 is 1.94 bits per heavy atom. The van der Waals surface area contributed by atoms with Gasteiger partial charge in [0.25, 0.3) is 11.8 Å². The Morgan fingerprint density at radius 3 is 2.55 bits per heavy atom. The number of nitrogens with zero attached hydrogens (tertiary/aromatic N) is 3. The van der Waals surface area contributed by atoms with Crippen LogP contribution >= 0.6 is 0 Å². The molecule has 11 heteroatoms. The number of benzene rings is 1. The number of nitrogens with one attached hydrogen (secondary N) is 1. The maximum Gasteiger partial charge on any atom is 0.387 e. The van der Waals surface area contributed by atoms with E-state index < -0.39 is 36.7 Å². The average Bonchev–Trinajstić information content (AvgIpc) is 3.02. The van der Waals surface area contributed by atoms with E-state index in [1.165, 1.54) is 38.1 Å². The summed E-state index contributed by atoms with van der Waals surface area (Å²) < 4.78 is 56.6. The molecule has 0 radical (unpaired) electrons. The molecule has 0 saturated heterocycles. The van der Waals surface area contributed by atoms with Crippen LogP contribution in [0.15, 0.2) is 47.7 Å². The van der Waals surface area contributed by atoms with E-state index in [4.69, 9.17) is 0 Å². The number of aromatic nitrogens is 1. The van der Waals surface area contributed by atoms with Crippen LogP contribution in [-0.2, 0) is 15.5 Å². The molecular formula is C20H18F4N4O3. The first-order chi connectivity index (χ1) is 14.6. The van der Waals surface area contributed by atoms with Crippen molar-refractivity contribution in [1.82, 2.24) is 4.98 Å².